The summed E-state index contributed by atoms with van der Waals surface area (Å²) >= 11 is 0. The summed E-state index contributed by atoms with van der Waals surface area (Å²) < 4.78 is 36.4. The van der Waals surface area contributed by atoms with Crippen LogP contribution in [0.2, 0.25) is 0 Å². The third kappa shape index (κ3) is 7.20. The van der Waals surface area contributed by atoms with E-state index in [1.165, 1.54) is 11.1 Å². The number of rotatable bonds is 5. The molecule has 25 heavy (non-hydrogen) atoms. The van der Waals surface area contributed by atoms with Crippen molar-refractivity contribution in [3.05, 3.63) is 41.5 Å². The highest BCUT2D eigenvalue weighted by atomic mass is 19.4. The monoisotopic (exact) mass is 353 g/mol. The Kier molecular flexibility index (Phi) is 7.34. The Morgan fingerprint density at radius 3 is 2.44 bits per heavy atom. The summed E-state index contributed by atoms with van der Waals surface area (Å²) in [6.07, 6.45) is 0.0572. The van der Waals surface area contributed by atoms with Gasteiger partial charge in [0.1, 0.15) is 0 Å². The molecule has 0 bridgehead atoms. The minimum atomic E-state index is -4.06. The second kappa shape index (κ2) is 9.49. The van der Waals surface area contributed by atoms with Gasteiger partial charge >= 0.3 is 6.18 Å². The number of likely N-dealkylation sites (tertiary alicyclic amines) is 1. The van der Waals surface area contributed by atoms with Crippen LogP contribution in [0.15, 0.2) is 40.9 Å². The average Bonchev–Trinajstić information content (AvgIpc) is 2.59. The number of aliphatic imine (C=N–C) groups is 1. The molecule has 0 atom stereocenters. The fourth-order valence-corrected chi connectivity index (χ4v) is 2.92. The molecule has 3 nitrogen and oxygen atoms in total. The maximum absolute atomic E-state index is 12.1. The molecule has 0 saturated carbocycles. The van der Waals surface area contributed by atoms with Crippen molar-refractivity contribution < 1.29 is 13.2 Å². The third-order valence-electron chi connectivity index (χ3n) is 4.26. The average molecular weight is 353 g/mol. The molecule has 0 radical (unpaired) electrons. The smallest absolute Gasteiger partial charge is 0.356 e. The summed E-state index contributed by atoms with van der Waals surface area (Å²) in [5, 5.41) is 3.18. The lowest BCUT2D eigenvalue weighted by atomic mass is 10.0. The first-order valence-corrected chi connectivity index (χ1v) is 8.75. The predicted octanol–water partition coefficient (Wildman–Crippen LogP) is 4.47. The van der Waals surface area contributed by atoms with Gasteiger partial charge in [-0.1, -0.05) is 42.0 Å². The van der Waals surface area contributed by atoms with E-state index in [1.54, 1.807) is 7.05 Å². The molecule has 6 heteroatoms. The summed E-state index contributed by atoms with van der Waals surface area (Å²) in [6.45, 7) is 2.27. The van der Waals surface area contributed by atoms with Crippen LogP contribution in [0.4, 0.5) is 13.2 Å². The van der Waals surface area contributed by atoms with Crippen LogP contribution in [-0.4, -0.2) is 43.7 Å². The lowest BCUT2D eigenvalue weighted by Gasteiger charge is -2.31. The number of unbranched alkanes of at least 4 members (excludes halogenated alkanes) is 1. The fourth-order valence-electron chi connectivity index (χ4n) is 2.92. The van der Waals surface area contributed by atoms with E-state index in [4.69, 9.17) is 0 Å². The van der Waals surface area contributed by atoms with Crippen LogP contribution < -0.4 is 5.32 Å². The number of piperidine rings is 1. The van der Waals surface area contributed by atoms with Crippen molar-refractivity contribution in [1.29, 1.82) is 0 Å². The van der Waals surface area contributed by atoms with Crippen LogP contribution in [-0.2, 0) is 0 Å². The van der Waals surface area contributed by atoms with Gasteiger partial charge in [-0.05, 0) is 31.2 Å². The SMILES string of the molecule is CN=C(NCCCCC(F)(F)F)N1CCC(=Cc2ccccc2)CC1. The Bertz CT molecular complexity index is 569. The number of guanidine groups is 1. The van der Waals surface area contributed by atoms with E-state index < -0.39 is 12.6 Å². The molecular weight excluding hydrogens is 327 g/mol. The van der Waals surface area contributed by atoms with Crippen molar-refractivity contribution >= 4 is 12.0 Å². The van der Waals surface area contributed by atoms with Gasteiger partial charge in [0.25, 0.3) is 0 Å². The van der Waals surface area contributed by atoms with Crippen LogP contribution in [0.3, 0.4) is 0 Å². The van der Waals surface area contributed by atoms with E-state index in [2.05, 4.69) is 33.4 Å². The second-order valence-electron chi connectivity index (χ2n) is 6.25. The van der Waals surface area contributed by atoms with Gasteiger partial charge < -0.3 is 10.2 Å². The Balaban J connectivity index is 1.73. The van der Waals surface area contributed by atoms with Crippen LogP contribution in [0.5, 0.6) is 0 Å². The highest BCUT2D eigenvalue weighted by Gasteiger charge is 2.25. The first kappa shape index (κ1) is 19.3. The number of nitrogens with zero attached hydrogens (tertiary/aromatic N) is 2. The zero-order valence-electron chi connectivity index (χ0n) is 14.6. The molecule has 1 saturated heterocycles. The lowest BCUT2D eigenvalue weighted by molar-refractivity contribution is -0.135. The maximum Gasteiger partial charge on any atom is 0.389 e. The Labute approximate surface area is 147 Å². The minimum absolute atomic E-state index is 0.150. The topological polar surface area (TPSA) is 27.6 Å². The van der Waals surface area contributed by atoms with Gasteiger partial charge in [-0.3, -0.25) is 4.99 Å². The summed E-state index contributed by atoms with van der Waals surface area (Å²) in [5.41, 5.74) is 2.64. The molecule has 0 aliphatic carbocycles. The molecule has 1 heterocycles. The molecule has 1 aromatic rings. The van der Waals surface area contributed by atoms with E-state index in [-0.39, 0.29) is 6.42 Å². The molecular formula is C19H26F3N3. The van der Waals surface area contributed by atoms with Crippen molar-refractivity contribution in [1.82, 2.24) is 10.2 Å². The van der Waals surface area contributed by atoms with Crippen LogP contribution in [0, 0.1) is 0 Å². The van der Waals surface area contributed by atoms with Crippen molar-refractivity contribution in [3.63, 3.8) is 0 Å². The number of nitrogens with one attached hydrogen (secondary N) is 1. The van der Waals surface area contributed by atoms with Gasteiger partial charge in [-0.25, -0.2) is 0 Å². The van der Waals surface area contributed by atoms with Crippen molar-refractivity contribution in [2.45, 2.75) is 38.3 Å². The highest BCUT2D eigenvalue weighted by molar-refractivity contribution is 5.80. The molecule has 0 spiro atoms. The van der Waals surface area contributed by atoms with Crippen LogP contribution >= 0.6 is 0 Å². The van der Waals surface area contributed by atoms with Gasteiger partial charge in [0.2, 0.25) is 0 Å². The molecule has 2 rings (SSSR count). The standard InChI is InChI=1S/C19H26F3N3/c1-23-18(24-12-6-5-11-19(20,21)22)25-13-9-17(10-14-25)15-16-7-3-2-4-8-16/h2-4,7-8,15H,5-6,9-14H2,1H3,(H,23,24). The molecule has 138 valence electrons. The third-order valence-corrected chi connectivity index (χ3v) is 4.26. The maximum atomic E-state index is 12.1. The minimum Gasteiger partial charge on any atom is -0.356 e. The zero-order valence-corrected chi connectivity index (χ0v) is 14.6. The van der Waals surface area contributed by atoms with E-state index >= 15 is 0 Å². The fraction of sp³-hybridized carbons (Fsp3) is 0.526. The van der Waals surface area contributed by atoms with Crippen molar-refractivity contribution in [2.24, 2.45) is 4.99 Å². The number of benzene rings is 1. The lowest BCUT2D eigenvalue weighted by Crippen LogP contribution is -2.44. The van der Waals surface area contributed by atoms with E-state index in [0.717, 1.165) is 31.9 Å². The molecule has 1 N–H and O–H groups in total. The summed E-state index contributed by atoms with van der Waals surface area (Å²) in [4.78, 5) is 6.43. The highest BCUT2D eigenvalue weighted by Crippen LogP contribution is 2.22. The molecule has 0 amide bonds. The molecule has 1 aromatic carbocycles. The van der Waals surface area contributed by atoms with Crippen LogP contribution in [0.25, 0.3) is 6.08 Å². The largest absolute Gasteiger partial charge is 0.389 e. The van der Waals surface area contributed by atoms with Crippen molar-refractivity contribution in [2.75, 3.05) is 26.7 Å². The molecule has 1 aliphatic heterocycles. The van der Waals surface area contributed by atoms with Gasteiger partial charge in [0.15, 0.2) is 5.96 Å². The van der Waals surface area contributed by atoms with Gasteiger partial charge in [-0.15, -0.1) is 0 Å². The summed E-state index contributed by atoms with van der Waals surface area (Å²) in [5.74, 6) is 0.783. The predicted molar refractivity (Wildman–Crippen MR) is 96.5 cm³/mol. The second-order valence-corrected chi connectivity index (χ2v) is 6.25. The number of alkyl halides is 3. The van der Waals surface area contributed by atoms with Crippen LogP contribution in [0.1, 0.15) is 37.7 Å². The Hall–Kier alpha value is -1.98. The number of hydrogen-bond donors (Lipinski definition) is 1. The first-order valence-electron chi connectivity index (χ1n) is 8.75. The van der Waals surface area contributed by atoms with Gasteiger partial charge in [0.05, 0.1) is 0 Å². The Morgan fingerprint density at radius 2 is 1.84 bits per heavy atom. The van der Waals surface area contributed by atoms with Crippen molar-refractivity contribution in [3.8, 4) is 0 Å². The molecule has 0 unspecified atom stereocenters. The number of halogens is 3. The number of hydrogen-bond acceptors (Lipinski definition) is 1. The summed E-state index contributed by atoms with van der Waals surface area (Å²) in [7, 11) is 1.72. The zero-order chi connectivity index (χ0) is 18.1. The quantitative estimate of drug-likeness (QED) is 0.480. The molecule has 0 aromatic heterocycles. The normalized spacial score (nSPS) is 16.1. The van der Waals surface area contributed by atoms with E-state index in [9.17, 15) is 13.2 Å². The summed E-state index contributed by atoms with van der Waals surface area (Å²) in [6, 6.07) is 10.3. The molecule has 1 aliphatic rings. The first-order chi connectivity index (χ1) is 12.0. The molecule has 1 fully saturated rings. The van der Waals surface area contributed by atoms with E-state index in [1.807, 2.05) is 18.2 Å². The Morgan fingerprint density at radius 1 is 1.16 bits per heavy atom. The van der Waals surface area contributed by atoms with E-state index in [0.29, 0.717) is 13.0 Å². The van der Waals surface area contributed by atoms with Gasteiger partial charge in [0, 0.05) is 33.1 Å². The van der Waals surface area contributed by atoms with Gasteiger partial charge in [-0.2, -0.15) is 13.2 Å².